The van der Waals surface area contributed by atoms with Crippen molar-refractivity contribution in [2.45, 2.75) is 13.5 Å². The standard InChI is InChI=1S/C22H21N3O4/c1-16-8-10-20(25(26)27)22(12-16)29-15-18-13-17(9-11-21(18)28-2)14-23-24-19-6-4-3-5-7-19/h3-14,24H,15H2,1-2H3. The van der Waals surface area contributed by atoms with Crippen LogP contribution in [0.2, 0.25) is 0 Å². The van der Waals surface area contributed by atoms with Crippen molar-refractivity contribution in [3.63, 3.8) is 0 Å². The first-order valence-electron chi connectivity index (χ1n) is 8.95. The van der Waals surface area contributed by atoms with Gasteiger partial charge in [-0.1, -0.05) is 24.3 Å². The van der Waals surface area contributed by atoms with Crippen molar-refractivity contribution >= 4 is 17.6 Å². The van der Waals surface area contributed by atoms with E-state index in [1.54, 1.807) is 25.5 Å². The van der Waals surface area contributed by atoms with Gasteiger partial charge in [-0.05, 0) is 54.4 Å². The molecule has 0 aliphatic heterocycles. The Bertz CT molecular complexity index is 1020. The number of ether oxygens (including phenoxy) is 2. The lowest BCUT2D eigenvalue weighted by atomic mass is 10.1. The Labute approximate surface area is 168 Å². The highest BCUT2D eigenvalue weighted by Gasteiger charge is 2.16. The van der Waals surface area contributed by atoms with Crippen LogP contribution in [0.15, 0.2) is 71.8 Å². The minimum absolute atomic E-state index is 0.0701. The van der Waals surface area contributed by atoms with E-state index < -0.39 is 4.92 Å². The fraction of sp³-hybridized carbons (Fsp3) is 0.136. The summed E-state index contributed by atoms with van der Waals surface area (Å²) in [6.45, 7) is 1.98. The fourth-order valence-electron chi connectivity index (χ4n) is 2.73. The normalized spacial score (nSPS) is 10.7. The summed E-state index contributed by atoms with van der Waals surface area (Å²) in [5, 5.41) is 15.5. The molecular weight excluding hydrogens is 370 g/mol. The molecule has 7 nitrogen and oxygen atoms in total. The summed E-state index contributed by atoms with van der Waals surface area (Å²) in [4.78, 5) is 10.8. The molecule has 0 heterocycles. The number of anilines is 1. The van der Waals surface area contributed by atoms with E-state index in [2.05, 4.69) is 10.5 Å². The number of nitrogens with one attached hydrogen (secondary N) is 1. The zero-order valence-corrected chi connectivity index (χ0v) is 16.2. The summed E-state index contributed by atoms with van der Waals surface area (Å²) in [7, 11) is 1.57. The van der Waals surface area contributed by atoms with Gasteiger partial charge in [0.05, 0.1) is 23.9 Å². The third-order valence-electron chi connectivity index (χ3n) is 4.18. The van der Waals surface area contributed by atoms with Gasteiger partial charge < -0.3 is 9.47 Å². The molecule has 0 radical (unpaired) electrons. The molecule has 148 valence electrons. The Morgan fingerprint density at radius 1 is 1.07 bits per heavy atom. The number of hydrogen-bond acceptors (Lipinski definition) is 6. The molecule has 0 saturated carbocycles. The van der Waals surface area contributed by atoms with Gasteiger partial charge >= 0.3 is 5.69 Å². The maximum absolute atomic E-state index is 11.2. The highest BCUT2D eigenvalue weighted by molar-refractivity contribution is 5.81. The summed E-state index contributed by atoms with van der Waals surface area (Å²) >= 11 is 0. The van der Waals surface area contributed by atoms with E-state index in [0.29, 0.717) is 5.75 Å². The van der Waals surface area contributed by atoms with Crippen LogP contribution in [0.25, 0.3) is 0 Å². The van der Waals surface area contributed by atoms with Crippen molar-refractivity contribution in [1.29, 1.82) is 0 Å². The zero-order valence-electron chi connectivity index (χ0n) is 16.2. The molecule has 0 aliphatic carbocycles. The van der Waals surface area contributed by atoms with E-state index in [1.807, 2.05) is 55.5 Å². The minimum Gasteiger partial charge on any atom is -0.496 e. The molecule has 3 aromatic carbocycles. The number of nitrogens with zero attached hydrogens (tertiary/aromatic N) is 2. The molecule has 0 saturated heterocycles. The topological polar surface area (TPSA) is 86.0 Å². The molecule has 0 fully saturated rings. The molecule has 0 aliphatic rings. The molecule has 3 aromatic rings. The molecule has 29 heavy (non-hydrogen) atoms. The zero-order chi connectivity index (χ0) is 20.6. The SMILES string of the molecule is COc1ccc(C=NNc2ccccc2)cc1COc1cc(C)ccc1[N+](=O)[O-]. The number of methoxy groups -OCH3 is 1. The van der Waals surface area contributed by atoms with Crippen molar-refractivity contribution < 1.29 is 14.4 Å². The molecule has 0 bridgehead atoms. The van der Waals surface area contributed by atoms with Crippen LogP contribution in [0.5, 0.6) is 11.5 Å². The van der Waals surface area contributed by atoms with E-state index in [1.165, 1.54) is 6.07 Å². The highest BCUT2D eigenvalue weighted by Crippen LogP contribution is 2.30. The van der Waals surface area contributed by atoms with Crippen LogP contribution in [-0.4, -0.2) is 18.2 Å². The molecule has 1 N–H and O–H groups in total. The van der Waals surface area contributed by atoms with Crippen LogP contribution in [0.3, 0.4) is 0 Å². The van der Waals surface area contributed by atoms with Gasteiger partial charge in [-0.15, -0.1) is 0 Å². The Morgan fingerprint density at radius 3 is 2.59 bits per heavy atom. The monoisotopic (exact) mass is 391 g/mol. The second-order valence-corrected chi connectivity index (χ2v) is 6.32. The lowest BCUT2D eigenvalue weighted by Gasteiger charge is -2.12. The number of hydrazone groups is 1. The van der Waals surface area contributed by atoms with Crippen LogP contribution in [-0.2, 0) is 6.61 Å². The van der Waals surface area contributed by atoms with Crippen LogP contribution < -0.4 is 14.9 Å². The Balaban J connectivity index is 1.76. The molecule has 0 amide bonds. The van der Waals surface area contributed by atoms with E-state index in [-0.39, 0.29) is 18.0 Å². The number of nitro benzene ring substituents is 1. The number of benzene rings is 3. The summed E-state index contributed by atoms with van der Waals surface area (Å²) in [5.41, 5.74) is 6.25. The van der Waals surface area contributed by atoms with Gasteiger partial charge in [0.25, 0.3) is 0 Å². The van der Waals surface area contributed by atoms with Crippen molar-refractivity contribution in [3.8, 4) is 11.5 Å². The van der Waals surface area contributed by atoms with Crippen molar-refractivity contribution in [2.75, 3.05) is 12.5 Å². The second-order valence-electron chi connectivity index (χ2n) is 6.32. The first-order chi connectivity index (χ1) is 14.1. The smallest absolute Gasteiger partial charge is 0.310 e. The molecule has 0 atom stereocenters. The summed E-state index contributed by atoms with van der Waals surface area (Å²) < 4.78 is 11.1. The van der Waals surface area contributed by atoms with E-state index in [0.717, 1.165) is 22.4 Å². The first kappa shape index (κ1) is 19.9. The summed E-state index contributed by atoms with van der Waals surface area (Å²) in [6.07, 6.45) is 1.69. The molecule has 0 unspecified atom stereocenters. The average Bonchev–Trinajstić information content (AvgIpc) is 2.73. The average molecular weight is 391 g/mol. The van der Waals surface area contributed by atoms with Gasteiger partial charge in [-0.3, -0.25) is 15.5 Å². The Kier molecular flexibility index (Phi) is 6.42. The lowest BCUT2D eigenvalue weighted by Crippen LogP contribution is -2.02. The summed E-state index contributed by atoms with van der Waals surface area (Å²) in [5.74, 6) is 0.857. The van der Waals surface area contributed by atoms with Gasteiger partial charge in [-0.25, -0.2) is 0 Å². The lowest BCUT2D eigenvalue weighted by molar-refractivity contribution is -0.386. The van der Waals surface area contributed by atoms with Gasteiger partial charge in [0, 0.05) is 11.6 Å². The predicted octanol–water partition coefficient (Wildman–Crippen LogP) is 4.94. The quantitative estimate of drug-likeness (QED) is 0.334. The number of rotatable bonds is 8. The van der Waals surface area contributed by atoms with E-state index >= 15 is 0 Å². The largest absolute Gasteiger partial charge is 0.496 e. The van der Waals surface area contributed by atoms with Crippen LogP contribution in [0.1, 0.15) is 16.7 Å². The molecule has 7 heteroatoms. The summed E-state index contributed by atoms with van der Waals surface area (Å²) in [6, 6.07) is 19.9. The fourth-order valence-corrected chi connectivity index (χ4v) is 2.73. The molecule has 0 spiro atoms. The van der Waals surface area contributed by atoms with Crippen molar-refractivity contribution in [2.24, 2.45) is 5.10 Å². The Hall–Kier alpha value is -3.87. The predicted molar refractivity (Wildman–Crippen MR) is 113 cm³/mol. The number of aryl methyl sites for hydroxylation is 1. The van der Waals surface area contributed by atoms with Crippen LogP contribution in [0.4, 0.5) is 11.4 Å². The maximum atomic E-state index is 11.2. The van der Waals surface area contributed by atoms with Crippen LogP contribution in [0, 0.1) is 17.0 Å². The maximum Gasteiger partial charge on any atom is 0.310 e. The third-order valence-corrected chi connectivity index (χ3v) is 4.18. The molecular formula is C22H21N3O4. The number of hydrogen-bond donors (Lipinski definition) is 1. The third kappa shape index (κ3) is 5.32. The molecule has 3 rings (SSSR count). The van der Waals surface area contributed by atoms with Gasteiger partial charge in [0.15, 0.2) is 5.75 Å². The highest BCUT2D eigenvalue weighted by atomic mass is 16.6. The van der Waals surface area contributed by atoms with Gasteiger partial charge in [0.1, 0.15) is 12.4 Å². The number of nitro groups is 1. The minimum atomic E-state index is -0.454. The molecule has 0 aromatic heterocycles. The first-order valence-corrected chi connectivity index (χ1v) is 8.95. The van der Waals surface area contributed by atoms with Gasteiger partial charge in [0.2, 0.25) is 0 Å². The number of para-hydroxylation sites is 1. The van der Waals surface area contributed by atoms with Crippen LogP contribution >= 0.6 is 0 Å². The van der Waals surface area contributed by atoms with E-state index in [4.69, 9.17) is 9.47 Å². The second kappa shape index (κ2) is 9.36. The Morgan fingerprint density at radius 2 is 1.86 bits per heavy atom. The van der Waals surface area contributed by atoms with Gasteiger partial charge in [-0.2, -0.15) is 5.10 Å². The van der Waals surface area contributed by atoms with Crippen molar-refractivity contribution in [3.05, 3.63) is 93.5 Å². The van der Waals surface area contributed by atoms with E-state index in [9.17, 15) is 10.1 Å². The van der Waals surface area contributed by atoms with Crippen molar-refractivity contribution in [1.82, 2.24) is 0 Å².